The molecular formula is C24H22ClN5O2. The first-order chi connectivity index (χ1) is 15.3. The van der Waals surface area contributed by atoms with Crippen LogP contribution in [-0.4, -0.2) is 26.8 Å². The minimum Gasteiger partial charge on any atom is -0.339 e. The van der Waals surface area contributed by atoms with E-state index in [9.17, 15) is 14.9 Å². The Kier molecular flexibility index (Phi) is 5.49. The summed E-state index contributed by atoms with van der Waals surface area (Å²) in [5, 5.41) is 15.8. The maximum Gasteiger partial charge on any atom is 0.291 e. The van der Waals surface area contributed by atoms with Crippen LogP contribution in [0.5, 0.6) is 0 Å². The minimum atomic E-state index is -0.401. The summed E-state index contributed by atoms with van der Waals surface area (Å²) in [6, 6.07) is 14.2. The van der Waals surface area contributed by atoms with Crippen molar-refractivity contribution in [2.24, 2.45) is 7.05 Å². The third kappa shape index (κ3) is 3.24. The molecule has 0 aliphatic carbocycles. The van der Waals surface area contributed by atoms with Crippen molar-refractivity contribution in [3.63, 3.8) is 0 Å². The number of carbonyl (C=O) groups excluding carboxylic acids is 1. The molecule has 0 unspecified atom stereocenters. The number of para-hydroxylation sites is 1. The van der Waals surface area contributed by atoms with E-state index in [0.29, 0.717) is 33.7 Å². The fourth-order valence-electron chi connectivity index (χ4n) is 4.07. The summed E-state index contributed by atoms with van der Waals surface area (Å²) in [7, 11) is 1.81. The summed E-state index contributed by atoms with van der Waals surface area (Å²) in [5.41, 5.74) is 1.90. The number of fused-ring (bicyclic) bond motifs is 3. The van der Waals surface area contributed by atoms with Gasteiger partial charge in [0.25, 0.3) is 11.5 Å². The number of hydrogen-bond acceptors (Lipinski definition) is 4. The number of aryl methyl sites for hydroxylation is 1. The van der Waals surface area contributed by atoms with Gasteiger partial charge in [-0.1, -0.05) is 29.8 Å². The molecule has 0 saturated carbocycles. The largest absolute Gasteiger partial charge is 0.339 e. The molecular weight excluding hydrogens is 426 g/mol. The quantitative estimate of drug-likeness (QED) is 0.455. The minimum absolute atomic E-state index is 0.163. The highest BCUT2D eigenvalue weighted by Gasteiger charge is 2.28. The molecule has 0 spiro atoms. The van der Waals surface area contributed by atoms with Crippen LogP contribution in [0.4, 0.5) is 5.69 Å². The predicted octanol–water partition coefficient (Wildman–Crippen LogP) is 4.66. The van der Waals surface area contributed by atoms with Crippen molar-refractivity contribution in [1.82, 2.24) is 14.3 Å². The van der Waals surface area contributed by atoms with E-state index in [1.54, 1.807) is 22.8 Å². The van der Waals surface area contributed by atoms with Gasteiger partial charge in [0.05, 0.1) is 17.3 Å². The van der Waals surface area contributed by atoms with Gasteiger partial charge in [0.1, 0.15) is 11.6 Å². The Morgan fingerprint density at radius 1 is 1.25 bits per heavy atom. The highest BCUT2D eigenvalue weighted by atomic mass is 35.5. The first-order valence-corrected chi connectivity index (χ1v) is 10.7. The topological polar surface area (TPSA) is 83.9 Å². The zero-order chi connectivity index (χ0) is 23.2. The Morgan fingerprint density at radius 3 is 2.62 bits per heavy atom. The lowest BCUT2D eigenvalue weighted by atomic mass is 10.1. The fraction of sp³-hybridized carbons (Fsp3) is 0.250. The Morgan fingerprint density at radius 2 is 1.97 bits per heavy atom. The normalized spacial score (nSPS) is 11.3. The second-order valence-electron chi connectivity index (χ2n) is 7.81. The van der Waals surface area contributed by atoms with E-state index in [4.69, 9.17) is 11.6 Å². The number of carbonyl (C=O) groups is 1. The molecule has 1 amide bonds. The van der Waals surface area contributed by atoms with Gasteiger partial charge in [0, 0.05) is 34.9 Å². The van der Waals surface area contributed by atoms with Crippen LogP contribution in [0.3, 0.4) is 0 Å². The molecule has 0 saturated heterocycles. The van der Waals surface area contributed by atoms with Crippen LogP contribution in [0.25, 0.3) is 21.8 Å². The van der Waals surface area contributed by atoms with Crippen molar-refractivity contribution in [3.8, 4) is 6.07 Å². The number of hydrogen-bond donors (Lipinski definition) is 0. The van der Waals surface area contributed by atoms with Crippen molar-refractivity contribution >= 4 is 45.0 Å². The van der Waals surface area contributed by atoms with E-state index in [1.165, 1.54) is 9.58 Å². The van der Waals surface area contributed by atoms with Gasteiger partial charge in [-0.25, -0.2) is 4.68 Å². The Bertz CT molecular complexity index is 1480. The fourth-order valence-corrected chi connectivity index (χ4v) is 4.23. The number of nitriles is 1. The van der Waals surface area contributed by atoms with E-state index in [0.717, 1.165) is 10.9 Å². The van der Waals surface area contributed by atoms with Crippen molar-refractivity contribution in [2.75, 3.05) is 11.4 Å². The monoisotopic (exact) mass is 447 g/mol. The Balaban J connectivity index is 2.08. The molecule has 162 valence electrons. The van der Waals surface area contributed by atoms with E-state index < -0.39 is 5.91 Å². The first-order valence-electron chi connectivity index (χ1n) is 10.3. The molecule has 2 heterocycles. The molecule has 7 nitrogen and oxygen atoms in total. The van der Waals surface area contributed by atoms with E-state index in [1.807, 2.05) is 52.1 Å². The van der Waals surface area contributed by atoms with Gasteiger partial charge in [-0.2, -0.15) is 10.4 Å². The molecule has 0 N–H and O–H groups in total. The molecule has 0 aliphatic heterocycles. The Hall–Kier alpha value is -3.63. The first kappa shape index (κ1) is 21.6. The lowest BCUT2D eigenvalue weighted by molar-refractivity contribution is 0.0982. The summed E-state index contributed by atoms with van der Waals surface area (Å²) in [4.78, 5) is 28.7. The highest BCUT2D eigenvalue weighted by Crippen LogP contribution is 2.31. The number of anilines is 1. The van der Waals surface area contributed by atoms with Crippen molar-refractivity contribution in [3.05, 3.63) is 69.1 Å². The van der Waals surface area contributed by atoms with E-state index in [-0.39, 0.29) is 17.3 Å². The lowest BCUT2D eigenvalue weighted by Crippen LogP contribution is -2.35. The summed E-state index contributed by atoms with van der Waals surface area (Å²) < 4.78 is 3.15. The Labute approximate surface area is 190 Å². The van der Waals surface area contributed by atoms with Crippen LogP contribution in [0.2, 0.25) is 5.02 Å². The number of benzene rings is 2. The zero-order valence-electron chi connectivity index (χ0n) is 18.3. The highest BCUT2D eigenvalue weighted by molar-refractivity contribution is 6.31. The summed E-state index contributed by atoms with van der Waals surface area (Å²) >= 11 is 6.18. The van der Waals surface area contributed by atoms with Gasteiger partial charge in [-0.05, 0) is 45.0 Å². The molecule has 2 aromatic carbocycles. The summed E-state index contributed by atoms with van der Waals surface area (Å²) in [6.45, 7) is 5.81. The smallest absolute Gasteiger partial charge is 0.291 e. The second kappa shape index (κ2) is 8.13. The van der Waals surface area contributed by atoms with Crippen LogP contribution < -0.4 is 10.5 Å². The van der Waals surface area contributed by atoms with Crippen LogP contribution in [0.1, 0.15) is 42.9 Å². The average molecular weight is 448 g/mol. The SMILES string of the molecule is CCN(C(=O)c1nn(C(C)C)c(=O)c2c1c1ccccc1n2C)c1cc(Cl)ccc1C#N. The van der Waals surface area contributed by atoms with E-state index in [2.05, 4.69) is 11.2 Å². The third-order valence-electron chi connectivity index (χ3n) is 5.59. The molecule has 0 atom stereocenters. The molecule has 4 aromatic rings. The van der Waals surface area contributed by atoms with Crippen LogP contribution in [-0.2, 0) is 7.05 Å². The third-order valence-corrected chi connectivity index (χ3v) is 5.82. The van der Waals surface area contributed by atoms with Gasteiger partial charge in [0.15, 0.2) is 5.69 Å². The number of aromatic nitrogens is 3. The molecule has 2 aromatic heterocycles. The van der Waals surface area contributed by atoms with Gasteiger partial charge < -0.3 is 9.47 Å². The number of halogens is 1. The van der Waals surface area contributed by atoms with Gasteiger partial charge in [-0.3, -0.25) is 9.59 Å². The summed E-state index contributed by atoms with van der Waals surface area (Å²) in [6.07, 6.45) is 0. The predicted molar refractivity (Wildman–Crippen MR) is 126 cm³/mol. The van der Waals surface area contributed by atoms with Crippen LogP contribution in [0.15, 0.2) is 47.3 Å². The van der Waals surface area contributed by atoms with Crippen molar-refractivity contribution < 1.29 is 4.79 Å². The van der Waals surface area contributed by atoms with Gasteiger partial charge in [-0.15, -0.1) is 0 Å². The van der Waals surface area contributed by atoms with Crippen LogP contribution >= 0.6 is 11.6 Å². The lowest BCUT2D eigenvalue weighted by Gasteiger charge is -2.23. The van der Waals surface area contributed by atoms with Gasteiger partial charge in [0.2, 0.25) is 0 Å². The number of nitrogens with zero attached hydrogens (tertiary/aromatic N) is 5. The molecule has 0 fully saturated rings. The van der Waals surface area contributed by atoms with Gasteiger partial charge >= 0.3 is 0 Å². The molecule has 0 aliphatic rings. The van der Waals surface area contributed by atoms with Crippen molar-refractivity contribution in [2.45, 2.75) is 26.8 Å². The molecule has 0 radical (unpaired) electrons. The maximum absolute atomic E-state index is 13.9. The van der Waals surface area contributed by atoms with Crippen molar-refractivity contribution in [1.29, 1.82) is 5.26 Å². The number of rotatable bonds is 4. The summed E-state index contributed by atoms with van der Waals surface area (Å²) in [5.74, 6) is -0.401. The van der Waals surface area contributed by atoms with E-state index >= 15 is 0 Å². The molecule has 0 bridgehead atoms. The molecule has 32 heavy (non-hydrogen) atoms. The average Bonchev–Trinajstić information content (AvgIpc) is 3.08. The zero-order valence-corrected chi connectivity index (χ0v) is 19.0. The maximum atomic E-state index is 13.9. The van der Waals surface area contributed by atoms with Crippen LogP contribution in [0, 0.1) is 11.3 Å². The molecule has 4 rings (SSSR count). The standard InChI is InChI=1S/C24H22ClN5O2/c1-5-29(19-12-16(25)11-10-15(19)13-26)23(31)21-20-17-8-6-7-9-18(17)28(4)22(20)24(32)30(27-21)14(2)3/h6-12,14H,5H2,1-4H3. The molecule has 8 heteroatoms. The second-order valence-corrected chi connectivity index (χ2v) is 8.25. The number of amides is 1.